The fourth-order valence-corrected chi connectivity index (χ4v) is 5.00. The molecule has 0 bridgehead atoms. The number of benzene rings is 1. The van der Waals surface area contributed by atoms with Crippen LogP contribution in [0.4, 0.5) is 0 Å². The van der Waals surface area contributed by atoms with Crippen LogP contribution >= 0.6 is 0 Å². The fourth-order valence-electron chi connectivity index (χ4n) is 3.52. The van der Waals surface area contributed by atoms with Crippen molar-refractivity contribution in [1.29, 1.82) is 0 Å². The monoisotopic (exact) mass is 382 g/mol. The maximum atomic E-state index is 12.6. The van der Waals surface area contributed by atoms with E-state index in [1.54, 1.807) is 13.8 Å². The molecule has 1 atom stereocenters. The topological polar surface area (TPSA) is 104 Å². The summed E-state index contributed by atoms with van der Waals surface area (Å²) in [5.74, 6) is -1.66. The number of nitrogens with one attached hydrogen (secondary N) is 1. The summed E-state index contributed by atoms with van der Waals surface area (Å²) in [5, 5.41) is 9.09. The predicted molar refractivity (Wildman–Crippen MR) is 97.4 cm³/mol. The van der Waals surface area contributed by atoms with Gasteiger partial charge in [-0.25, -0.2) is 13.1 Å². The number of hydrogen-bond donors (Lipinski definition) is 2. The van der Waals surface area contributed by atoms with E-state index < -0.39 is 21.9 Å². The van der Waals surface area contributed by atoms with Crippen LogP contribution in [0.1, 0.15) is 36.0 Å². The van der Waals surface area contributed by atoms with Crippen LogP contribution < -0.4 is 4.72 Å². The first-order valence-corrected chi connectivity index (χ1v) is 10.2. The third kappa shape index (κ3) is 4.82. The van der Waals surface area contributed by atoms with E-state index in [1.807, 2.05) is 19.1 Å². The van der Waals surface area contributed by atoms with E-state index >= 15 is 0 Å². The molecule has 1 aliphatic rings. The summed E-state index contributed by atoms with van der Waals surface area (Å²) in [6.45, 7) is 6.11. The van der Waals surface area contributed by atoms with E-state index in [2.05, 4.69) is 4.72 Å². The molecule has 1 heterocycles. The Morgan fingerprint density at radius 1 is 1.23 bits per heavy atom. The molecule has 1 amide bonds. The average Bonchev–Trinajstić information content (AvgIpc) is 2.53. The smallest absolute Gasteiger partial charge is 0.308 e. The van der Waals surface area contributed by atoms with E-state index in [-0.39, 0.29) is 30.3 Å². The van der Waals surface area contributed by atoms with Gasteiger partial charge in [0.05, 0.1) is 10.8 Å². The molecular formula is C18H26N2O5S. The first-order valence-electron chi connectivity index (χ1n) is 8.70. The van der Waals surface area contributed by atoms with Crippen molar-refractivity contribution in [2.45, 2.75) is 44.9 Å². The molecule has 2 rings (SSSR count). The van der Waals surface area contributed by atoms with E-state index in [1.165, 1.54) is 4.90 Å². The number of carbonyl (C=O) groups is 2. The van der Waals surface area contributed by atoms with Gasteiger partial charge in [-0.1, -0.05) is 17.7 Å². The molecule has 1 unspecified atom stereocenters. The van der Waals surface area contributed by atoms with E-state index in [0.29, 0.717) is 30.5 Å². The first-order chi connectivity index (χ1) is 12.1. The summed E-state index contributed by atoms with van der Waals surface area (Å²) in [5.41, 5.74) is 2.33. The highest BCUT2D eigenvalue weighted by Gasteiger charge is 2.28. The molecule has 26 heavy (non-hydrogen) atoms. The number of carbonyl (C=O) groups excluding carboxylic acids is 1. The van der Waals surface area contributed by atoms with Gasteiger partial charge >= 0.3 is 5.97 Å². The van der Waals surface area contributed by atoms with E-state index in [9.17, 15) is 18.0 Å². The number of aliphatic carboxylic acids is 1. The largest absolute Gasteiger partial charge is 0.481 e. The summed E-state index contributed by atoms with van der Waals surface area (Å²) in [4.78, 5) is 25.1. The summed E-state index contributed by atoms with van der Waals surface area (Å²) < 4.78 is 27.6. The maximum Gasteiger partial charge on any atom is 0.308 e. The molecule has 1 aromatic carbocycles. The van der Waals surface area contributed by atoms with Gasteiger partial charge in [0, 0.05) is 26.1 Å². The molecule has 8 heteroatoms. The Labute approximate surface area is 154 Å². The zero-order chi connectivity index (χ0) is 19.5. The average molecular weight is 382 g/mol. The Morgan fingerprint density at radius 3 is 2.42 bits per heavy atom. The Kier molecular flexibility index (Phi) is 6.41. The number of piperidine rings is 1. The summed E-state index contributed by atoms with van der Waals surface area (Å²) in [7, 11) is -3.70. The van der Waals surface area contributed by atoms with Gasteiger partial charge in [0.25, 0.3) is 0 Å². The molecule has 144 valence electrons. The third-order valence-electron chi connectivity index (χ3n) is 4.63. The van der Waals surface area contributed by atoms with Gasteiger partial charge < -0.3 is 10.0 Å². The molecule has 1 saturated heterocycles. The first kappa shape index (κ1) is 20.4. The highest BCUT2D eigenvalue weighted by Crippen LogP contribution is 2.21. The van der Waals surface area contributed by atoms with Crippen molar-refractivity contribution in [3.05, 3.63) is 28.8 Å². The van der Waals surface area contributed by atoms with Gasteiger partial charge in [-0.15, -0.1) is 0 Å². The number of amides is 1. The second-order valence-corrected chi connectivity index (χ2v) is 8.60. The number of sulfonamides is 1. The molecule has 7 nitrogen and oxygen atoms in total. The minimum Gasteiger partial charge on any atom is -0.481 e. The number of hydrogen-bond acceptors (Lipinski definition) is 4. The lowest BCUT2D eigenvalue weighted by Crippen LogP contribution is -2.43. The van der Waals surface area contributed by atoms with Crippen LogP contribution in [0.15, 0.2) is 17.0 Å². The third-order valence-corrected chi connectivity index (χ3v) is 6.39. The van der Waals surface area contributed by atoms with Crippen molar-refractivity contribution >= 4 is 21.9 Å². The van der Waals surface area contributed by atoms with Crippen LogP contribution in [-0.4, -0.2) is 49.9 Å². The van der Waals surface area contributed by atoms with Crippen molar-refractivity contribution in [2.24, 2.45) is 5.92 Å². The number of nitrogens with zero attached hydrogens (tertiary/aromatic N) is 1. The normalized spacial score (nSPS) is 18.0. The van der Waals surface area contributed by atoms with Gasteiger partial charge in [0.15, 0.2) is 0 Å². The van der Waals surface area contributed by atoms with Crippen molar-refractivity contribution in [1.82, 2.24) is 9.62 Å². The van der Waals surface area contributed by atoms with Gasteiger partial charge in [0.2, 0.25) is 15.9 Å². The van der Waals surface area contributed by atoms with Crippen LogP contribution in [0.2, 0.25) is 0 Å². The lowest BCUT2D eigenvalue weighted by Gasteiger charge is -2.30. The van der Waals surface area contributed by atoms with Crippen molar-refractivity contribution in [2.75, 3.05) is 19.6 Å². The van der Waals surface area contributed by atoms with Gasteiger partial charge in [0.1, 0.15) is 0 Å². The number of rotatable bonds is 6. The Hall–Kier alpha value is -1.93. The highest BCUT2D eigenvalue weighted by atomic mass is 32.2. The summed E-state index contributed by atoms with van der Waals surface area (Å²) in [6.07, 6.45) is 1.23. The SMILES string of the molecule is Cc1cc(C)c(S(=O)(=O)NCCC(=O)N2CCCC(C(=O)O)C2)c(C)c1. The second-order valence-electron chi connectivity index (χ2n) is 6.89. The molecule has 2 N–H and O–H groups in total. The predicted octanol–water partition coefficient (Wildman–Crippen LogP) is 1.60. The lowest BCUT2D eigenvalue weighted by molar-refractivity contribution is -0.145. The molecule has 0 aromatic heterocycles. The van der Waals surface area contributed by atoms with Crippen molar-refractivity contribution in [3.8, 4) is 0 Å². The fraction of sp³-hybridized carbons (Fsp3) is 0.556. The zero-order valence-electron chi connectivity index (χ0n) is 15.4. The van der Waals surface area contributed by atoms with Crippen LogP contribution in [0.3, 0.4) is 0 Å². The van der Waals surface area contributed by atoms with Crippen molar-refractivity contribution in [3.63, 3.8) is 0 Å². The number of carboxylic acid groups (broad SMARTS) is 1. The molecule has 1 fully saturated rings. The molecular weight excluding hydrogens is 356 g/mol. The van der Waals surface area contributed by atoms with Gasteiger partial charge in [-0.3, -0.25) is 9.59 Å². The standard InChI is InChI=1S/C18H26N2O5S/c1-12-9-13(2)17(14(3)10-12)26(24,25)19-7-6-16(21)20-8-4-5-15(11-20)18(22)23/h9-10,15,19H,4-8,11H2,1-3H3,(H,22,23). The minimum absolute atomic E-state index is 0.00945. The maximum absolute atomic E-state index is 12.6. The molecule has 1 aliphatic heterocycles. The van der Waals surface area contributed by atoms with Gasteiger partial charge in [-0.05, 0) is 44.7 Å². The summed E-state index contributed by atoms with van der Waals surface area (Å²) in [6, 6.07) is 3.62. The lowest BCUT2D eigenvalue weighted by atomic mass is 9.98. The summed E-state index contributed by atoms with van der Waals surface area (Å²) >= 11 is 0. The molecule has 0 aliphatic carbocycles. The molecule has 1 aromatic rings. The van der Waals surface area contributed by atoms with Crippen molar-refractivity contribution < 1.29 is 23.1 Å². The van der Waals surface area contributed by atoms with Crippen LogP contribution in [0.5, 0.6) is 0 Å². The van der Waals surface area contributed by atoms with Crippen LogP contribution in [-0.2, 0) is 19.6 Å². The van der Waals surface area contributed by atoms with E-state index in [4.69, 9.17) is 5.11 Å². The van der Waals surface area contributed by atoms with Gasteiger partial charge in [-0.2, -0.15) is 0 Å². The molecule has 0 spiro atoms. The number of likely N-dealkylation sites (tertiary alicyclic amines) is 1. The van der Waals surface area contributed by atoms with Crippen LogP contribution in [0, 0.1) is 26.7 Å². The minimum atomic E-state index is -3.70. The molecule has 0 radical (unpaired) electrons. The second kappa shape index (κ2) is 8.18. The number of carboxylic acids is 1. The zero-order valence-corrected chi connectivity index (χ0v) is 16.2. The van der Waals surface area contributed by atoms with E-state index in [0.717, 1.165) is 5.56 Å². The quantitative estimate of drug-likeness (QED) is 0.778. The Balaban J connectivity index is 1.96. The highest BCUT2D eigenvalue weighted by molar-refractivity contribution is 7.89. The molecule has 0 saturated carbocycles. The number of aryl methyl sites for hydroxylation is 3. The Bertz CT molecular complexity index is 781. The Morgan fingerprint density at radius 2 is 1.85 bits per heavy atom. The van der Waals surface area contributed by atoms with Crippen LogP contribution in [0.25, 0.3) is 0 Å².